The Labute approximate surface area is 181 Å². The quantitative estimate of drug-likeness (QED) is 0.495. The summed E-state index contributed by atoms with van der Waals surface area (Å²) in [5.74, 6) is 0.610. The van der Waals surface area contributed by atoms with Crippen LogP contribution in [0, 0.1) is 6.92 Å². The fourth-order valence-electron chi connectivity index (χ4n) is 3.47. The van der Waals surface area contributed by atoms with E-state index in [4.69, 9.17) is 2.74 Å². The molecular weight excluding hydrogens is 408 g/mol. The van der Waals surface area contributed by atoms with Gasteiger partial charge >= 0.3 is 0 Å². The van der Waals surface area contributed by atoms with Gasteiger partial charge in [-0.05, 0) is 50.5 Å². The topological polar surface area (TPSA) is 87.0 Å². The van der Waals surface area contributed by atoms with Crippen LogP contribution in [0.5, 0.6) is 0 Å². The Kier molecular flexibility index (Phi) is 5.08. The molecule has 0 amide bonds. The van der Waals surface area contributed by atoms with E-state index in [-0.39, 0.29) is 12.4 Å². The minimum Gasteiger partial charge on any atom is -0.328 e. The number of anilines is 2. The van der Waals surface area contributed by atoms with Crippen molar-refractivity contribution in [3.63, 3.8) is 0 Å². The van der Waals surface area contributed by atoms with Crippen LogP contribution in [0.15, 0.2) is 30.9 Å². The van der Waals surface area contributed by atoms with Crippen molar-refractivity contribution >= 4 is 40.4 Å². The number of nitrogens with one attached hydrogen (secondary N) is 2. The van der Waals surface area contributed by atoms with Gasteiger partial charge in [0.15, 0.2) is 11.5 Å². The SMILES string of the molecule is Cl.[2H]C([2H])(c1cc(Nc2nc(C)cn3c(-c4cn[nH]c4)cnc23)sn1)N1CCCCC1. The van der Waals surface area contributed by atoms with Gasteiger partial charge in [0.25, 0.3) is 0 Å². The Morgan fingerprint density at radius 1 is 1.28 bits per heavy atom. The van der Waals surface area contributed by atoms with Gasteiger partial charge in [-0.15, -0.1) is 12.4 Å². The largest absolute Gasteiger partial charge is 0.328 e. The number of aromatic nitrogens is 6. The Morgan fingerprint density at radius 2 is 2.14 bits per heavy atom. The number of rotatable bonds is 5. The summed E-state index contributed by atoms with van der Waals surface area (Å²) in [5.41, 5.74) is 3.81. The zero-order chi connectivity index (χ0) is 20.7. The number of H-pyrrole nitrogens is 1. The molecule has 0 spiro atoms. The maximum atomic E-state index is 8.57. The van der Waals surface area contributed by atoms with Gasteiger partial charge in [0.1, 0.15) is 5.00 Å². The van der Waals surface area contributed by atoms with E-state index >= 15 is 0 Å². The maximum Gasteiger partial charge on any atom is 0.180 e. The predicted molar refractivity (Wildman–Crippen MR) is 117 cm³/mol. The molecule has 1 aliphatic heterocycles. The van der Waals surface area contributed by atoms with E-state index in [2.05, 4.69) is 29.9 Å². The zero-order valence-corrected chi connectivity index (χ0v) is 17.6. The van der Waals surface area contributed by atoms with E-state index in [1.807, 2.05) is 28.6 Å². The van der Waals surface area contributed by atoms with Crippen molar-refractivity contribution in [1.82, 2.24) is 33.8 Å². The molecule has 5 rings (SSSR count). The third-order valence-electron chi connectivity index (χ3n) is 4.79. The van der Waals surface area contributed by atoms with E-state index in [0.29, 0.717) is 17.2 Å². The summed E-state index contributed by atoms with van der Waals surface area (Å²) in [6.07, 6.45) is 10.5. The molecular formula is C19H23ClN8S. The molecule has 4 aromatic heterocycles. The standard InChI is InChI=1S/C19H22N8S.ClH/c1-13-11-27-16(14-8-21-22-9-14)10-20-19(27)18(23-13)24-17-7-15(25-28-17)12-26-5-3-2-4-6-26;/h7-11H,2-6,12H2,1H3,(H,21,22)(H,23,24);1H/i12D2;. The van der Waals surface area contributed by atoms with E-state index in [1.54, 1.807) is 18.5 Å². The van der Waals surface area contributed by atoms with Crippen LogP contribution in [-0.2, 0) is 6.50 Å². The molecule has 0 unspecified atom stereocenters. The number of piperidine rings is 1. The lowest BCUT2D eigenvalue weighted by atomic mass is 10.1. The molecule has 152 valence electrons. The smallest absolute Gasteiger partial charge is 0.180 e. The van der Waals surface area contributed by atoms with Crippen molar-refractivity contribution in [2.75, 3.05) is 18.4 Å². The molecule has 1 aliphatic rings. The molecule has 0 aromatic carbocycles. The number of fused-ring (bicyclic) bond motifs is 1. The highest BCUT2D eigenvalue weighted by atomic mass is 35.5. The van der Waals surface area contributed by atoms with Crippen LogP contribution < -0.4 is 5.32 Å². The molecule has 5 heterocycles. The number of aromatic amines is 1. The van der Waals surface area contributed by atoms with E-state index < -0.39 is 6.50 Å². The average Bonchev–Trinajstić information content (AvgIpc) is 3.49. The highest BCUT2D eigenvalue weighted by Gasteiger charge is 2.15. The fourth-order valence-corrected chi connectivity index (χ4v) is 4.07. The van der Waals surface area contributed by atoms with Gasteiger partial charge in [-0.2, -0.15) is 9.47 Å². The predicted octanol–water partition coefficient (Wildman–Crippen LogP) is 4.04. The highest BCUT2D eigenvalue weighted by molar-refractivity contribution is 7.10. The summed E-state index contributed by atoms with van der Waals surface area (Å²) in [6.45, 7) is 1.88. The van der Waals surface area contributed by atoms with Gasteiger partial charge < -0.3 is 5.32 Å². The van der Waals surface area contributed by atoms with Crippen LogP contribution in [0.2, 0.25) is 0 Å². The summed E-state index contributed by atoms with van der Waals surface area (Å²) in [7, 11) is 0. The number of halogens is 1. The molecule has 0 aliphatic carbocycles. The zero-order valence-electron chi connectivity index (χ0n) is 17.9. The first-order chi connectivity index (χ1) is 14.5. The minimum atomic E-state index is -1.58. The Balaban J connectivity index is 0.00000231. The molecule has 0 radical (unpaired) electrons. The normalized spacial score (nSPS) is 16.3. The van der Waals surface area contributed by atoms with Gasteiger partial charge in [0.05, 0.1) is 29.5 Å². The molecule has 8 nitrogen and oxygen atoms in total. The summed E-state index contributed by atoms with van der Waals surface area (Å²) in [5, 5.41) is 10.9. The molecule has 2 N–H and O–H groups in total. The number of hydrogen-bond donors (Lipinski definition) is 2. The third-order valence-corrected chi connectivity index (χ3v) is 5.49. The van der Waals surface area contributed by atoms with Crippen LogP contribution in [0.25, 0.3) is 16.9 Å². The lowest BCUT2D eigenvalue weighted by Crippen LogP contribution is -2.29. The number of hydrogen-bond acceptors (Lipinski definition) is 7. The van der Waals surface area contributed by atoms with E-state index in [1.165, 1.54) is 11.5 Å². The van der Waals surface area contributed by atoms with Crippen LogP contribution in [-0.4, -0.2) is 46.9 Å². The van der Waals surface area contributed by atoms with Crippen LogP contribution in [0.1, 0.15) is 33.4 Å². The van der Waals surface area contributed by atoms with E-state index in [9.17, 15) is 0 Å². The van der Waals surface area contributed by atoms with Gasteiger partial charge in [-0.1, -0.05) is 6.42 Å². The maximum absolute atomic E-state index is 8.57. The lowest BCUT2D eigenvalue weighted by Gasteiger charge is -2.25. The first-order valence-corrected chi connectivity index (χ1v) is 10.1. The average molecular weight is 433 g/mol. The van der Waals surface area contributed by atoms with Gasteiger partial charge in [0.2, 0.25) is 0 Å². The molecule has 29 heavy (non-hydrogen) atoms. The number of likely N-dealkylation sites (tertiary alicyclic amines) is 1. The summed E-state index contributed by atoms with van der Waals surface area (Å²) in [4.78, 5) is 11.0. The van der Waals surface area contributed by atoms with Crippen molar-refractivity contribution in [1.29, 1.82) is 0 Å². The second-order valence-corrected chi connectivity index (χ2v) is 7.72. The third kappa shape index (κ3) is 4.12. The van der Waals surface area contributed by atoms with Crippen molar-refractivity contribution in [3.05, 3.63) is 42.2 Å². The van der Waals surface area contributed by atoms with Crippen molar-refractivity contribution in [3.8, 4) is 11.3 Å². The van der Waals surface area contributed by atoms with E-state index in [0.717, 1.165) is 54.3 Å². The van der Waals surface area contributed by atoms with Crippen LogP contribution in [0.3, 0.4) is 0 Å². The molecule has 4 aromatic rings. The number of aryl methyl sites for hydroxylation is 1. The summed E-state index contributed by atoms with van der Waals surface area (Å²) in [6, 6.07) is 1.78. The number of nitrogens with zero attached hydrogens (tertiary/aromatic N) is 6. The molecule has 1 fully saturated rings. The minimum absolute atomic E-state index is 0. The first kappa shape index (κ1) is 17.4. The first-order valence-electron chi connectivity index (χ1n) is 10.4. The molecule has 0 bridgehead atoms. The second kappa shape index (κ2) is 8.48. The van der Waals surface area contributed by atoms with Crippen molar-refractivity contribution < 1.29 is 2.74 Å². The van der Waals surface area contributed by atoms with Crippen LogP contribution >= 0.6 is 23.9 Å². The Hall–Kier alpha value is -2.49. The fraction of sp³-hybridized carbons (Fsp3) is 0.368. The van der Waals surface area contributed by atoms with Gasteiger partial charge in [0, 0.05) is 27.2 Å². The molecule has 1 saturated heterocycles. The van der Waals surface area contributed by atoms with Crippen LogP contribution in [0.4, 0.5) is 10.8 Å². The summed E-state index contributed by atoms with van der Waals surface area (Å²) < 4.78 is 23.5. The van der Waals surface area contributed by atoms with Gasteiger partial charge in [-0.25, -0.2) is 9.97 Å². The van der Waals surface area contributed by atoms with Gasteiger partial charge in [-0.3, -0.25) is 14.4 Å². The monoisotopic (exact) mass is 432 g/mol. The highest BCUT2D eigenvalue weighted by Crippen LogP contribution is 2.27. The number of imidazole rings is 1. The molecule has 0 saturated carbocycles. The Bertz CT molecular complexity index is 1170. The summed E-state index contributed by atoms with van der Waals surface area (Å²) >= 11 is 1.23. The lowest BCUT2D eigenvalue weighted by molar-refractivity contribution is 0.219. The Morgan fingerprint density at radius 3 is 2.93 bits per heavy atom. The molecule has 10 heteroatoms. The second-order valence-electron chi connectivity index (χ2n) is 6.92. The molecule has 0 atom stereocenters. The van der Waals surface area contributed by atoms with Crippen molar-refractivity contribution in [2.45, 2.75) is 32.7 Å². The van der Waals surface area contributed by atoms with Crippen molar-refractivity contribution in [2.24, 2.45) is 0 Å².